The average Bonchev–Trinajstić information content (AvgIpc) is 3.01. The molecule has 1 fully saturated rings. The summed E-state index contributed by atoms with van der Waals surface area (Å²) in [7, 11) is 1.83. The zero-order valence-electron chi connectivity index (χ0n) is 13.2. The van der Waals surface area contributed by atoms with E-state index in [0.29, 0.717) is 45.9 Å². The summed E-state index contributed by atoms with van der Waals surface area (Å²) in [5, 5.41) is 2.02. The summed E-state index contributed by atoms with van der Waals surface area (Å²) in [6, 6.07) is 4.03. The van der Waals surface area contributed by atoms with Gasteiger partial charge in [-0.05, 0) is 18.4 Å². The van der Waals surface area contributed by atoms with Crippen LogP contribution in [0.15, 0.2) is 17.5 Å². The third kappa shape index (κ3) is 4.71. The lowest BCUT2D eigenvalue weighted by Crippen LogP contribution is -2.51. The lowest BCUT2D eigenvalue weighted by molar-refractivity contribution is -0.132. The number of carbonyl (C=O) groups is 2. The van der Waals surface area contributed by atoms with E-state index in [2.05, 4.69) is 4.90 Å². The van der Waals surface area contributed by atoms with Crippen LogP contribution >= 0.6 is 11.3 Å². The van der Waals surface area contributed by atoms with Crippen LogP contribution in [0.3, 0.4) is 0 Å². The van der Waals surface area contributed by atoms with E-state index in [-0.39, 0.29) is 12.0 Å². The van der Waals surface area contributed by atoms with Gasteiger partial charge in [-0.25, -0.2) is 4.79 Å². The van der Waals surface area contributed by atoms with Crippen molar-refractivity contribution in [1.82, 2.24) is 14.7 Å². The smallest absolute Gasteiger partial charge is 0.409 e. The Morgan fingerprint density at radius 2 is 2.05 bits per heavy atom. The normalized spacial score (nSPS) is 15.6. The van der Waals surface area contributed by atoms with Crippen molar-refractivity contribution >= 4 is 23.3 Å². The second-order valence-corrected chi connectivity index (χ2v) is 6.32. The molecule has 122 valence electrons. The lowest BCUT2D eigenvalue weighted by Gasteiger charge is -2.34. The Hall–Kier alpha value is -1.60. The summed E-state index contributed by atoms with van der Waals surface area (Å²) in [6.07, 6.45) is -0.261. The highest BCUT2D eigenvalue weighted by molar-refractivity contribution is 7.09. The van der Waals surface area contributed by atoms with Gasteiger partial charge in [0.1, 0.15) is 0 Å². The Bertz CT molecular complexity index is 484. The number of likely N-dealkylation sites (N-methyl/N-ethyl adjacent to an activating group) is 1. The minimum absolute atomic E-state index is 0.109. The van der Waals surface area contributed by atoms with Gasteiger partial charge in [-0.3, -0.25) is 9.69 Å². The first-order valence-corrected chi connectivity index (χ1v) is 8.38. The summed E-state index contributed by atoms with van der Waals surface area (Å²) >= 11 is 1.66. The van der Waals surface area contributed by atoms with Crippen LogP contribution in [0.4, 0.5) is 4.79 Å². The number of rotatable bonds is 5. The summed E-state index contributed by atoms with van der Waals surface area (Å²) in [5.41, 5.74) is 0. The maximum absolute atomic E-state index is 12.2. The third-order valence-corrected chi connectivity index (χ3v) is 4.52. The average molecular weight is 325 g/mol. The fourth-order valence-corrected chi connectivity index (χ4v) is 3.10. The second kappa shape index (κ2) is 8.14. The van der Waals surface area contributed by atoms with Gasteiger partial charge in [0.25, 0.3) is 0 Å². The van der Waals surface area contributed by atoms with E-state index in [1.54, 1.807) is 28.1 Å². The first-order valence-electron chi connectivity index (χ1n) is 7.50. The molecule has 6 nitrogen and oxygen atoms in total. The van der Waals surface area contributed by atoms with Crippen molar-refractivity contribution in [2.45, 2.75) is 13.5 Å². The van der Waals surface area contributed by atoms with Crippen LogP contribution in [0.1, 0.15) is 11.8 Å². The predicted molar refractivity (Wildman–Crippen MR) is 85.8 cm³/mol. The quantitative estimate of drug-likeness (QED) is 0.823. The van der Waals surface area contributed by atoms with E-state index in [1.165, 1.54) is 4.88 Å². The highest BCUT2D eigenvalue weighted by Crippen LogP contribution is 2.11. The van der Waals surface area contributed by atoms with Crippen molar-refractivity contribution in [2.75, 3.05) is 46.4 Å². The summed E-state index contributed by atoms with van der Waals surface area (Å²) in [5.74, 6) is 0.109. The molecule has 1 aromatic heterocycles. The Balaban J connectivity index is 1.73. The molecule has 2 amide bonds. The lowest BCUT2D eigenvalue weighted by atomic mass is 10.3. The van der Waals surface area contributed by atoms with Gasteiger partial charge in [0.15, 0.2) is 0 Å². The molecule has 1 aromatic rings. The molecular formula is C15H23N3O3S. The Morgan fingerprint density at radius 3 is 2.64 bits per heavy atom. The van der Waals surface area contributed by atoms with E-state index in [0.717, 1.165) is 0 Å². The number of nitrogens with zero attached hydrogens (tertiary/aromatic N) is 3. The van der Waals surface area contributed by atoms with E-state index in [9.17, 15) is 9.59 Å². The van der Waals surface area contributed by atoms with Gasteiger partial charge in [0, 0.05) is 38.1 Å². The van der Waals surface area contributed by atoms with Gasteiger partial charge < -0.3 is 14.5 Å². The molecule has 1 aliphatic heterocycles. The van der Waals surface area contributed by atoms with Gasteiger partial charge in [0.2, 0.25) is 5.91 Å². The molecule has 0 N–H and O–H groups in total. The molecule has 1 aliphatic rings. The Labute approximate surface area is 135 Å². The maximum Gasteiger partial charge on any atom is 0.409 e. The molecule has 1 saturated heterocycles. The van der Waals surface area contributed by atoms with Crippen LogP contribution in [-0.4, -0.2) is 73.1 Å². The predicted octanol–water partition coefficient (Wildman–Crippen LogP) is 1.48. The highest BCUT2D eigenvalue weighted by atomic mass is 32.1. The minimum atomic E-state index is -0.261. The van der Waals surface area contributed by atoms with E-state index >= 15 is 0 Å². The summed E-state index contributed by atoms with van der Waals surface area (Å²) in [4.78, 5) is 30.6. The van der Waals surface area contributed by atoms with Crippen molar-refractivity contribution < 1.29 is 14.3 Å². The number of amides is 2. The largest absolute Gasteiger partial charge is 0.450 e. The van der Waals surface area contributed by atoms with Gasteiger partial charge in [-0.15, -0.1) is 11.3 Å². The molecule has 0 radical (unpaired) electrons. The van der Waals surface area contributed by atoms with Gasteiger partial charge >= 0.3 is 6.09 Å². The summed E-state index contributed by atoms with van der Waals surface area (Å²) < 4.78 is 4.99. The standard InChI is InChI=1S/C15H23N3O3S/c1-3-21-15(20)18-8-6-17(7-9-18)12-14(19)16(2)11-13-5-4-10-22-13/h4-5,10H,3,6-9,11-12H2,1-2H3. The molecule has 0 atom stereocenters. The number of thiophene rings is 1. The van der Waals surface area contributed by atoms with Crippen LogP contribution in [0.5, 0.6) is 0 Å². The highest BCUT2D eigenvalue weighted by Gasteiger charge is 2.24. The molecule has 0 saturated carbocycles. The molecule has 0 aromatic carbocycles. The number of piperazine rings is 1. The molecular weight excluding hydrogens is 302 g/mol. The maximum atomic E-state index is 12.2. The van der Waals surface area contributed by atoms with Gasteiger partial charge in [-0.2, -0.15) is 0 Å². The van der Waals surface area contributed by atoms with Gasteiger partial charge in [-0.1, -0.05) is 6.07 Å². The molecule has 0 unspecified atom stereocenters. The molecule has 0 spiro atoms. The number of hydrogen-bond acceptors (Lipinski definition) is 5. The topological polar surface area (TPSA) is 53.1 Å². The summed E-state index contributed by atoms with van der Waals surface area (Å²) in [6.45, 7) is 5.88. The number of carbonyl (C=O) groups excluding carboxylic acids is 2. The first-order chi connectivity index (χ1) is 10.6. The zero-order valence-corrected chi connectivity index (χ0v) is 14.0. The van der Waals surface area contributed by atoms with Gasteiger partial charge in [0.05, 0.1) is 19.7 Å². The zero-order chi connectivity index (χ0) is 15.9. The molecule has 7 heteroatoms. The number of ether oxygens (including phenoxy) is 1. The monoisotopic (exact) mass is 325 g/mol. The molecule has 0 bridgehead atoms. The van der Waals surface area contributed by atoms with Crippen molar-refractivity contribution in [3.8, 4) is 0 Å². The van der Waals surface area contributed by atoms with E-state index in [4.69, 9.17) is 4.74 Å². The molecule has 2 rings (SSSR count). The third-order valence-electron chi connectivity index (χ3n) is 3.66. The van der Waals surface area contributed by atoms with E-state index < -0.39 is 0 Å². The molecule has 0 aliphatic carbocycles. The fourth-order valence-electron chi connectivity index (χ4n) is 2.34. The SMILES string of the molecule is CCOC(=O)N1CCN(CC(=O)N(C)Cc2cccs2)CC1. The van der Waals surface area contributed by atoms with Crippen LogP contribution in [-0.2, 0) is 16.1 Å². The minimum Gasteiger partial charge on any atom is -0.450 e. The Kier molecular flexibility index (Phi) is 6.21. The van der Waals surface area contributed by atoms with Crippen LogP contribution in [0, 0.1) is 0 Å². The Morgan fingerprint density at radius 1 is 1.32 bits per heavy atom. The molecule has 22 heavy (non-hydrogen) atoms. The first kappa shape index (κ1) is 16.8. The van der Waals surface area contributed by atoms with Crippen LogP contribution in [0.2, 0.25) is 0 Å². The molecule has 2 heterocycles. The number of hydrogen-bond donors (Lipinski definition) is 0. The second-order valence-electron chi connectivity index (χ2n) is 5.29. The van der Waals surface area contributed by atoms with Crippen molar-refractivity contribution in [1.29, 1.82) is 0 Å². The van der Waals surface area contributed by atoms with Crippen LogP contribution < -0.4 is 0 Å². The van der Waals surface area contributed by atoms with E-state index in [1.807, 2.05) is 24.6 Å². The van der Waals surface area contributed by atoms with Crippen LogP contribution in [0.25, 0.3) is 0 Å². The fraction of sp³-hybridized carbons (Fsp3) is 0.600. The van der Waals surface area contributed by atoms with Crippen molar-refractivity contribution in [2.24, 2.45) is 0 Å². The van der Waals surface area contributed by atoms with Crippen molar-refractivity contribution in [3.05, 3.63) is 22.4 Å². The van der Waals surface area contributed by atoms with Crippen molar-refractivity contribution in [3.63, 3.8) is 0 Å².